The predicted molar refractivity (Wildman–Crippen MR) is 249 cm³/mol. The molecule has 3 atom stereocenters. The minimum Gasteiger partial charge on any atom is -0.310 e. The van der Waals surface area contributed by atoms with Crippen LogP contribution < -0.4 is 4.90 Å². The lowest BCUT2D eigenvalue weighted by molar-refractivity contribution is 0.420. The van der Waals surface area contributed by atoms with Crippen LogP contribution in [0, 0.1) is 11.8 Å². The van der Waals surface area contributed by atoms with Crippen LogP contribution in [0.4, 0.5) is 17.1 Å². The van der Waals surface area contributed by atoms with Gasteiger partial charge in [0.25, 0.3) is 0 Å². The molecule has 11 rings (SSSR count). The first-order valence-corrected chi connectivity index (χ1v) is 22.5. The van der Waals surface area contributed by atoms with Gasteiger partial charge in [0.15, 0.2) is 0 Å². The lowest BCUT2D eigenvalue weighted by atomic mass is 9.78. The van der Waals surface area contributed by atoms with E-state index < -0.39 is 0 Å². The average molecular weight is 766 g/mol. The number of fused-ring (bicyclic) bond motifs is 5. The van der Waals surface area contributed by atoms with E-state index in [-0.39, 0.29) is 5.41 Å². The molecule has 1 heteroatoms. The van der Waals surface area contributed by atoms with Crippen molar-refractivity contribution < 1.29 is 0 Å². The number of hydrogen-bond acceptors (Lipinski definition) is 1. The lowest BCUT2D eigenvalue weighted by Crippen LogP contribution is -2.19. The van der Waals surface area contributed by atoms with Crippen molar-refractivity contribution in [2.75, 3.05) is 4.90 Å². The van der Waals surface area contributed by atoms with E-state index in [4.69, 9.17) is 0 Å². The molecule has 1 nitrogen and oxygen atoms in total. The molecule has 0 aromatic heterocycles. The summed E-state index contributed by atoms with van der Waals surface area (Å²) in [6.45, 7) is 4.88. The Kier molecular flexibility index (Phi) is 9.18. The summed E-state index contributed by atoms with van der Waals surface area (Å²) in [4.78, 5) is 2.55. The Morgan fingerprint density at radius 3 is 1.85 bits per heavy atom. The number of hydrogen-bond donors (Lipinski definition) is 0. The SMILES string of the molecule is CC1(C)c2cccc(-c3ccccc3)c2-c2ccc(N(c3ccc(-c4cccc(C5CCCCC5)c4)cc3)c3ccc(C4CC5CCC4C5)cc3)c(-c3ccccc3)c21. The van der Waals surface area contributed by atoms with Crippen LogP contribution in [-0.2, 0) is 5.41 Å². The topological polar surface area (TPSA) is 3.24 Å². The second-order valence-electron chi connectivity index (χ2n) is 18.7. The van der Waals surface area contributed by atoms with Gasteiger partial charge in [0.05, 0.1) is 5.69 Å². The van der Waals surface area contributed by atoms with Gasteiger partial charge in [-0.1, -0.05) is 173 Å². The van der Waals surface area contributed by atoms with Crippen LogP contribution >= 0.6 is 0 Å². The predicted octanol–water partition coefficient (Wildman–Crippen LogP) is 16.4. The van der Waals surface area contributed by atoms with E-state index in [9.17, 15) is 0 Å². The Balaban J connectivity index is 1.08. The minimum absolute atomic E-state index is 0.221. The second-order valence-corrected chi connectivity index (χ2v) is 18.7. The maximum absolute atomic E-state index is 2.55. The van der Waals surface area contributed by atoms with E-state index in [2.05, 4.69) is 183 Å². The molecular weight excluding hydrogens is 711 g/mol. The van der Waals surface area contributed by atoms with E-state index in [1.165, 1.54) is 142 Å². The first-order valence-electron chi connectivity index (χ1n) is 22.5. The van der Waals surface area contributed by atoms with Crippen LogP contribution in [0.3, 0.4) is 0 Å². The molecule has 0 saturated heterocycles. The zero-order valence-electron chi connectivity index (χ0n) is 34.7. The van der Waals surface area contributed by atoms with Crippen molar-refractivity contribution >= 4 is 17.1 Å². The van der Waals surface area contributed by atoms with Gasteiger partial charge in [0, 0.05) is 22.4 Å². The van der Waals surface area contributed by atoms with Crippen LogP contribution in [0.15, 0.2) is 164 Å². The monoisotopic (exact) mass is 765 g/mol. The van der Waals surface area contributed by atoms with E-state index >= 15 is 0 Å². The summed E-state index contributed by atoms with van der Waals surface area (Å²) in [6, 6.07) is 62.5. The zero-order valence-corrected chi connectivity index (χ0v) is 34.7. The number of benzene rings is 7. The third kappa shape index (κ3) is 6.37. The van der Waals surface area contributed by atoms with Crippen molar-refractivity contribution in [1.82, 2.24) is 0 Å². The summed E-state index contributed by atoms with van der Waals surface area (Å²) < 4.78 is 0. The van der Waals surface area contributed by atoms with Gasteiger partial charge in [-0.05, 0) is 147 Å². The van der Waals surface area contributed by atoms with Crippen molar-refractivity contribution in [3.63, 3.8) is 0 Å². The smallest absolute Gasteiger partial charge is 0.0543 e. The molecule has 3 saturated carbocycles. The Hall–Kier alpha value is -5.66. The largest absolute Gasteiger partial charge is 0.310 e. The first-order chi connectivity index (χ1) is 29.0. The summed E-state index contributed by atoms with van der Waals surface area (Å²) in [6.07, 6.45) is 12.3. The number of nitrogens with zero attached hydrogens (tertiary/aromatic N) is 1. The van der Waals surface area contributed by atoms with Gasteiger partial charge in [-0.2, -0.15) is 0 Å². The van der Waals surface area contributed by atoms with Crippen molar-refractivity contribution in [2.45, 2.75) is 88.9 Å². The van der Waals surface area contributed by atoms with Gasteiger partial charge < -0.3 is 4.90 Å². The molecule has 0 N–H and O–H groups in total. The van der Waals surface area contributed by atoms with Crippen LogP contribution in [0.5, 0.6) is 0 Å². The van der Waals surface area contributed by atoms with Crippen molar-refractivity contribution in [3.8, 4) is 44.5 Å². The van der Waals surface area contributed by atoms with Gasteiger partial charge in [-0.25, -0.2) is 0 Å². The van der Waals surface area contributed by atoms with Gasteiger partial charge in [0.1, 0.15) is 0 Å². The lowest BCUT2D eigenvalue weighted by Gasteiger charge is -2.32. The molecule has 7 aromatic carbocycles. The summed E-state index contributed by atoms with van der Waals surface area (Å²) in [5.41, 5.74) is 19.6. The fourth-order valence-corrected chi connectivity index (χ4v) is 12.1. The molecule has 0 aliphatic heterocycles. The van der Waals surface area contributed by atoms with E-state index in [1.54, 1.807) is 0 Å². The molecule has 0 amide bonds. The molecule has 2 bridgehead atoms. The molecule has 7 aromatic rings. The second kappa shape index (κ2) is 14.9. The molecule has 0 spiro atoms. The third-order valence-corrected chi connectivity index (χ3v) is 14.9. The zero-order chi connectivity index (χ0) is 39.5. The highest BCUT2D eigenvalue weighted by Crippen LogP contribution is 2.58. The molecule has 59 heavy (non-hydrogen) atoms. The van der Waals surface area contributed by atoms with Gasteiger partial charge in [0.2, 0.25) is 0 Å². The molecule has 3 fully saturated rings. The molecule has 0 heterocycles. The Morgan fingerprint density at radius 1 is 0.475 bits per heavy atom. The summed E-state index contributed by atoms with van der Waals surface area (Å²) >= 11 is 0. The van der Waals surface area contributed by atoms with Crippen LogP contribution in [0.2, 0.25) is 0 Å². The fraction of sp³-hybridized carbons (Fsp3) is 0.276. The molecule has 292 valence electrons. The van der Waals surface area contributed by atoms with Gasteiger partial charge in [-0.15, -0.1) is 0 Å². The highest BCUT2D eigenvalue weighted by atomic mass is 15.1. The molecule has 4 aliphatic carbocycles. The third-order valence-electron chi connectivity index (χ3n) is 14.9. The highest BCUT2D eigenvalue weighted by Gasteiger charge is 2.42. The fourth-order valence-electron chi connectivity index (χ4n) is 12.1. The molecule has 3 unspecified atom stereocenters. The van der Waals surface area contributed by atoms with Gasteiger partial charge in [-0.3, -0.25) is 0 Å². The van der Waals surface area contributed by atoms with Crippen molar-refractivity contribution in [2.24, 2.45) is 11.8 Å². The summed E-state index contributed by atoms with van der Waals surface area (Å²) in [5.74, 6) is 3.18. The molecular formula is C58H55N. The maximum atomic E-state index is 2.55. The number of rotatable bonds is 8. The highest BCUT2D eigenvalue weighted by molar-refractivity contribution is 6.01. The Morgan fingerprint density at radius 2 is 1.15 bits per heavy atom. The first kappa shape index (κ1) is 36.4. The summed E-state index contributed by atoms with van der Waals surface area (Å²) in [5, 5.41) is 0. The Labute approximate surface area is 351 Å². The van der Waals surface area contributed by atoms with E-state index in [1.807, 2.05) is 0 Å². The number of anilines is 3. The maximum Gasteiger partial charge on any atom is 0.0543 e. The standard InChI is InChI=1S/C58H55N/c1-58(2)53-23-13-22-50(42-16-8-4-9-17-42)56(53)51-34-35-54(55(57(51)58)44-18-10-5-11-19-44)59(49-32-28-43(29-33-49)52-37-39-24-25-47(52)36-39)48-30-26-41(27-31-48)46-21-12-20-45(38-46)40-14-6-3-7-15-40/h4-5,8-13,16-23,26-35,38-40,47,52H,3,6-7,14-15,24-25,36-37H2,1-2H3. The van der Waals surface area contributed by atoms with Crippen molar-refractivity contribution in [3.05, 3.63) is 186 Å². The normalized spacial score (nSPS) is 20.3. The van der Waals surface area contributed by atoms with Crippen LogP contribution in [-0.4, -0.2) is 0 Å². The average Bonchev–Trinajstić information content (AvgIpc) is 4.01. The van der Waals surface area contributed by atoms with E-state index in [0.717, 1.165) is 11.8 Å². The molecule has 4 aliphatic rings. The van der Waals surface area contributed by atoms with Crippen molar-refractivity contribution in [1.29, 1.82) is 0 Å². The Bertz CT molecular complexity index is 2610. The quantitative estimate of drug-likeness (QED) is 0.149. The van der Waals surface area contributed by atoms with Crippen LogP contribution in [0.1, 0.15) is 106 Å². The molecule has 0 radical (unpaired) electrons. The summed E-state index contributed by atoms with van der Waals surface area (Å²) in [7, 11) is 0. The van der Waals surface area contributed by atoms with Crippen LogP contribution in [0.25, 0.3) is 44.5 Å². The van der Waals surface area contributed by atoms with E-state index in [0.29, 0.717) is 11.8 Å². The minimum atomic E-state index is -0.221. The van der Waals surface area contributed by atoms with Gasteiger partial charge >= 0.3 is 0 Å².